The highest BCUT2D eigenvalue weighted by molar-refractivity contribution is 7.90. The Bertz CT molecular complexity index is 2360. The number of halogens is 3. The zero-order chi connectivity index (χ0) is 39.7. The molecule has 1 unspecified atom stereocenters. The van der Waals surface area contributed by atoms with Crippen molar-refractivity contribution in [2.24, 2.45) is 0 Å². The van der Waals surface area contributed by atoms with E-state index in [4.69, 9.17) is 4.74 Å². The first-order chi connectivity index (χ1) is 26.7. The first kappa shape index (κ1) is 38.3. The van der Waals surface area contributed by atoms with Crippen molar-refractivity contribution in [3.8, 4) is 17.0 Å². The lowest BCUT2D eigenvalue weighted by Crippen LogP contribution is -2.48. The Kier molecular flexibility index (Phi) is 9.83. The van der Waals surface area contributed by atoms with Crippen LogP contribution in [0.25, 0.3) is 33.8 Å². The van der Waals surface area contributed by atoms with Crippen molar-refractivity contribution in [3.05, 3.63) is 70.5 Å². The summed E-state index contributed by atoms with van der Waals surface area (Å²) in [5.74, 6) is -0.399. The van der Waals surface area contributed by atoms with Gasteiger partial charge in [0.2, 0.25) is 10.0 Å². The maximum absolute atomic E-state index is 14.5. The lowest BCUT2D eigenvalue weighted by Gasteiger charge is -2.33. The van der Waals surface area contributed by atoms with E-state index in [0.29, 0.717) is 35.5 Å². The smallest absolute Gasteiger partial charge is 0.408 e. The van der Waals surface area contributed by atoms with Crippen LogP contribution in [0.3, 0.4) is 0 Å². The van der Waals surface area contributed by atoms with Gasteiger partial charge in [-0.15, -0.1) is 0 Å². The van der Waals surface area contributed by atoms with Gasteiger partial charge in [-0.3, -0.25) is 19.2 Å². The van der Waals surface area contributed by atoms with Crippen LogP contribution < -0.4 is 9.46 Å². The number of sulfonamides is 1. The molecule has 2 amide bonds. The fourth-order valence-electron chi connectivity index (χ4n) is 9.34. The predicted molar refractivity (Wildman–Crippen MR) is 208 cm³/mol. The largest absolute Gasteiger partial charge is 0.497 e. The summed E-state index contributed by atoms with van der Waals surface area (Å²) in [6, 6.07) is 11.0. The van der Waals surface area contributed by atoms with E-state index in [1.54, 1.807) is 24.1 Å². The van der Waals surface area contributed by atoms with Gasteiger partial charge in [0, 0.05) is 47.2 Å². The molecule has 3 aliphatic heterocycles. The van der Waals surface area contributed by atoms with Crippen molar-refractivity contribution >= 4 is 44.4 Å². The molecule has 1 aliphatic carbocycles. The molecule has 0 spiro atoms. The fourth-order valence-corrected chi connectivity index (χ4v) is 9.95. The molecule has 1 N–H and O–H groups in total. The van der Waals surface area contributed by atoms with Crippen LogP contribution in [-0.2, 0) is 23.1 Å². The van der Waals surface area contributed by atoms with Crippen LogP contribution in [0.15, 0.2) is 42.6 Å². The third-order valence-electron chi connectivity index (χ3n) is 12.1. The number of fused-ring (bicyclic) bond motifs is 7. The zero-order valence-corrected chi connectivity index (χ0v) is 32.8. The molecule has 4 aliphatic rings. The number of likely N-dealkylation sites (N-methyl/N-ethyl adjacent to an activating group) is 1. The van der Waals surface area contributed by atoms with E-state index in [0.717, 1.165) is 72.0 Å². The van der Waals surface area contributed by atoms with Gasteiger partial charge in [-0.05, 0) is 98.7 Å². The number of likely N-dealkylation sites (tertiary alicyclic amines) is 2. The number of amides is 2. The molecule has 3 fully saturated rings. The number of nitrogens with zero attached hydrogens (tertiary/aromatic N) is 5. The van der Waals surface area contributed by atoms with Crippen LogP contribution >= 0.6 is 0 Å². The SMILES string of the molecule is CCN1C[C@@H]2CC1CN2C(=O)c1cnn(CC(F)(F)F)c1C1=Cc2cc(OC)ccc2-c2c(C3CCCCC3)c3ccc(C(=O)NS(=O)(=O)C(C)C)cc3n2C1. The van der Waals surface area contributed by atoms with Gasteiger partial charge >= 0.3 is 6.18 Å². The molecule has 5 heterocycles. The molecule has 298 valence electrons. The van der Waals surface area contributed by atoms with E-state index in [1.807, 2.05) is 34.9 Å². The third kappa shape index (κ3) is 6.80. The van der Waals surface area contributed by atoms with E-state index in [2.05, 4.69) is 21.6 Å². The molecule has 15 heteroatoms. The van der Waals surface area contributed by atoms with Gasteiger partial charge in [0.25, 0.3) is 11.8 Å². The fraction of sp³-hybridized carbons (Fsp3) is 0.488. The number of methoxy groups -OCH3 is 1. The average Bonchev–Trinajstić information content (AvgIpc) is 3.93. The molecule has 8 rings (SSSR count). The number of carbonyl (C=O) groups excluding carboxylic acids is 2. The van der Waals surface area contributed by atoms with Crippen molar-refractivity contribution in [2.75, 3.05) is 26.7 Å². The Hall–Kier alpha value is -4.63. The van der Waals surface area contributed by atoms with Gasteiger partial charge < -0.3 is 14.2 Å². The molecule has 1 saturated carbocycles. The molecule has 56 heavy (non-hydrogen) atoms. The summed E-state index contributed by atoms with van der Waals surface area (Å²) in [5.41, 5.74) is 4.88. The molecule has 11 nitrogen and oxygen atoms in total. The molecule has 2 aromatic carbocycles. The molecular weight excluding hydrogens is 746 g/mol. The van der Waals surface area contributed by atoms with Crippen LogP contribution in [0, 0.1) is 0 Å². The third-order valence-corrected chi connectivity index (χ3v) is 13.8. The second-order valence-electron chi connectivity index (χ2n) is 15.8. The minimum Gasteiger partial charge on any atom is -0.497 e. The van der Waals surface area contributed by atoms with Crippen molar-refractivity contribution in [3.63, 3.8) is 0 Å². The molecule has 2 bridgehead atoms. The molecule has 2 saturated heterocycles. The van der Waals surface area contributed by atoms with Crippen LogP contribution in [0.1, 0.15) is 103 Å². The maximum atomic E-state index is 14.5. The normalized spacial score (nSPS) is 20.3. The number of hydrogen-bond acceptors (Lipinski definition) is 7. The number of nitrogens with one attached hydrogen (secondary N) is 1. The van der Waals surface area contributed by atoms with Crippen molar-refractivity contribution in [1.29, 1.82) is 0 Å². The monoisotopic (exact) mass is 792 g/mol. The van der Waals surface area contributed by atoms with Crippen LogP contribution in [-0.4, -0.2) is 94.6 Å². The molecule has 4 aromatic rings. The Morgan fingerprint density at radius 1 is 1.02 bits per heavy atom. The topological polar surface area (TPSA) is 119 Å². The van der Waals surface area contributed by atoms with Crippen molar-refractivity contribution < 1.29 is 35.9 Å². The summed E-state index contributed by atoms with van der Waals surface area (Å²) in [6.07, 6.45) is 4.38. The first-order valence-corrected chi connectivity index (χ1v) is 21.0. The van der Waals surface area contributed by atoms with Crippen molar-refractivity contribution in [2.45, 2.75) is 102 Å². The van der Waals surface area contributed by atoms with E-state index >= 15 is 0 Å². The number of aromatic nitrogens is 3. The summed E-state index contributed by atoms with van der Waals surface area (Å²) >= 11 is 0. The molecular formula is C41H47F3N6O5S. The summed E-state index contributed by atoms with van der Waals surface area (Å²) in [4.78, 5) is 32.1. The first-order valence-electron chi connectivity index (χ1n) is 19.5. The van der Waals surface area contributed by atoms with Crippen LogP contribution in [0.5, 0.6) is 5.75 Å². The predicted octanol–water partition coefficient (Wildman–Crippen LogP) is 7.06. The van der Waals surface area contributed by atoms with Gasteiger partial charge in [-0.2, -0.15) is 18.3 Å². The second-order valence-corrected chi connectivity index (χ2v) is 18.1. The number of allylic oxidation sites excluding steroid dienone is 1. The summed E-state index contributed by atoms with van der Waals surface area (Å²) in [7, 11) is -2.38. The second kappa shape index (κ2) is 14.4. The lowest BCUT2D eigenvalue weighted by atomic mass is 9.81. The van der Waals surface area contributed by atoms with Gasteiger partial charge in [-0.25, -0.2) is 13.1 Å². The van der Waals surface area contributed by atoms with E-state index in [9.17, 15) is 31.2 Å². The van der Waals surface area contributed by atoms with E-state index in [-0.39, 0.29) is 47.3 Å². The molecule has 2 aromatic heterocycles. The van der Waals surface area contributed by atoms with Crippen LogP contribution in [0.2, 0.25) is 0 Å². The number of ether oxygens (including phenoxy) is 1. The summed E-state index contributed by atoms with van der Waals surface area (Å²) in [5, 5.41) is 4.27. The lowest BCUT2D eigenvalue weighted by molar-refractivity contribution is -0.142. The van der Waals surface area contributed by atoms with Gasteiger partial charge in [-0.1, -0.05) is 32.3 Å². The molecule has 0 radical (unpaired) electrons. The summed E-state index contributed by atoms with van der Waals surface area (Å²) < 4.78 is 79.1. The Balaban J connectivity index is 1.34. The summed E-state index contributed by atoms with van der Waals surface area (Å²) in [6.45, 7) is 5.78. The van der Waals surface area contributed by atoms with Gasteiger partial charge in [0.15, 0.2) is 0 Å². The van der Waals surface area contributed by atoms with Crippen LogP contribution in [0.4, 0.5) is 13.2 Å². The number of benzene rings is 2. The number of piperazine rings is 1. The highest BCUT2D eigenvalue weighted by Gasteiger charge is 2.46. The van der Waals surface area contributed by atoms with Gasteiger partial charge in [0.05, 0.1) is 42.1 Å². The van der Waals surface area contributed by atoms with Gasteiger partial charge in [0.1, 0.15) is 12.3 Å². The molecule has 2 atom stereocenters. The van der Waals surface area contributed by atoms with Crippen molar-refractivity contribution in [1.82, 2.24) is 28.9 Å². The minimum absolute atomic E-state index is 0.0403. The highest BCUT2D eigenvalue weighted by atomic mass is 32.2. The standard InChI is InChI=1S/C41H47F3N6O5S/c1-5-47-21-30-18-29(47)22-48(30)40(52)34-19-45-50(23-41(42,43)44)37(34)28-15-27-16-31(55-4)12-14-32(27)38-36(25-9-7-6-8-10-25)33-13-11-26(17-35(33)49(38)20-28)39(51)46-56(53,54)24(2)3/h11-17,19,24-25,29-30H,5-10,18,20-23H2,1-4H3,(H,46,51)/t29?,30-/m0/s1. The van der Waals surface area contributed by atoms with E-state index in [1.165, 1.54) is 20.0 Å². The Labute approximate surface area is 324 Å². The zero-order valence-electron chi connectivity index (χ0n) is 32.0. The number of alkyl halides is 3. The average molecular weight is 793 g/mol. The number of hydrogen-bond donors (Lipinski definition) is 1. The van der Waals surface area contributed by atoms with E-state index < -0.39 is 33.9 Å². The maximum Gasteiger partial charge on any atom is 0.408 e. The highest BCUT2D eigenvalue weighted by Crippen LogP contribution is 2.48. The minimum atomic E-state index is -4.63. The number of carbonyl (C=O) groups is 2. The quantitative estimate of drug-likeness (QED) is 0.193. The number of rotatable bonds is 9. The Morgan fingerprint density at radius 3 is 2.45 bits per heavy atom. The Morgan fingerprint density at radius 2 is 1.79 bits per heavy atom.